The van der Waals surface area contributed by atoms with Crippen molar-refractivity contribution in [2.45, 2.75) is 130 Å². The first-order valence-corrected chi connectivity index (χ1v) is 26.5. The number of aliphatic imine (C=N–C) groups is 2. The summed E-state index contributed by atoms with van der Waals surface area (Å²) in [4.78, 5) is 9.57. The SMILES string of the molecule is COc1ccc(C=NCCOc2c3cc(C(C)(C)C)cc2Cc2cc(C(C)(C)C)cc(c2O)Cc2cc(C(C)(C)C)cc(c2OCCN=Cc2ccc(OC)cc2OC)Cc2cc(C(C)(C)C)cc(c2O)C3)c(OC)c1. The van der Waals surface area contributed by atoms with Gasteiger partial charge in [-0.15, -0.1) is 0 Å². The van der Waals surface area contributed by atoms with E-state index in [0.29, 0.717) is 61.8 Å². The van der Waals surface area contributed by atoms with Crippen LogP contribution in [0.2, 0.25) is 0 Å². The predicted octanol–water partition coefficient (Wildman–Crippen LogP) is 14.0. The fourth-order valence-corrected chi connectivity index (χ4v) is 9.59. The van der Waals surface area contributed by atoms with E-state index in [1.54, 1.807) is 40.9 Å². The monoisotopic (exact) mass is 1030 g/mol. The molecule has 10 heteroatoms. The number of benzene rings is 6. The number of phenolic OH excluding ortho intramolecular Hbond substituents is 2. The molecule has 1 aliphatic carbocycles. The van der Waals surface area contributed by atoms with E-state index >= 15 is 0 Å². The molecule has 0 radical (unpaired) electrons. The third-order valence-corrected chi connectivity index (χ3v) is 14.3. The Morgan fingerprint density at radius 2 is 0.671 bits per heavy atom. The largest absolute Gasteiger partial charge is 0.507 e. The summed E-state index contributed by atoms with van der Waals surface area (Å²) in [6.07, 6.45) is 5.19. The Bertz CT molecular complexity index is 2800. The predicted molar refractivity (Wildman–Crippen MR) is 310 cm³/mol. The molecule has 10 nitrogen and oxygen atoms in total. The number of fused-ring (bicyclic) bond motifs is 8. The van der Waals surface area contributed by atoms with Gasteiger partial charge in [-0.05, 0) is 113 Å². The zero-order valence-electron chi connectivity index (χ0n) is 48.1. The van der Waals surface area contributed by atoms with E-state index in [2.05, 4.69) is 132 Å². The van der Waals surface area contributed by atoms with Crippen molar-refractivity contribution in [2.24, 2.45) is 9.98 Å². The minimum Gasteiger partial charge on any atom is -0.507 e. The third kappa shape index (κ3) is 13.5. The Hall–Kier alpha value is -6.94. The molecule has 7 rings (SSSR count). The van der Waals surface area contributed by atoms with Crippen LogP contribution in [0.25, 0.3) is 0 Å². The number of phenols is 2. The van der Waals surface area contributed by atoms with Crippen molar-refractivity contribution < 1.29 is 38.6 Å². The molecular weight excluding hydrogens is 949 g/mol. The topological polar surface area (TPSA) is 121 Å². The zero-order chi connectivity index (χ0) is 55.3. The summed E-state index contributed by atoms with van der Waals surface area (Å²) >= 11 is 0. The Labute approximate surface area is 453 Å². The first-order chi connectivity index (χ1) is 35.8. The van der Waals surface area contributed by atoms with Crippen molar-refractivity contribution in [3.63, 3.8) is 0 Å². The van der Waals surface area contributed by atoms with Gasteiger partial charge in [0.2, 0.25) is 0 Å². The van der Waals surface area contributed by atoms with Gasteiger partial charge in [0.1, 0.15) is 59.2 Å². The van der Waals surface area contributed by atoms with Crippen molar-refractivity contribution in [1.29, 1.82) is 0 Å². The van der Waals surface area contributed by atoms with E-state index in [1.165, 1.54) is 0 Å². The summed E-state index contributed by atoms with van der Waals surface area (Å²) in [5.74, 6) is 4.68. The molecule has 0 atom stereocenters. The molecule has 76 heavy (non-hydrogen) atoms. The van der Waals surface area contributed by atoms with Gasteiger partial charge in [0.25, 0.3) is 0 Å². The number of hydrogen-bond donors (Lipinski definition) is 2. The lowest BCUT2D eigenvalue weighted by Crippen LogP contribution is -2.17. The Morgan fingerprint density at radius 3 is 0.921 bits per heavy atom. The van der Waals surface area contributed by atoms with E-state index in [-0.39, 0.29) is 46.4 Å². The molecule has 1 aliphatic rings. The summed E-state index contributed by atoms with van der Waals surface area (Å²) in [5.41, 5.74) is 12.2. The standard InChI is InChI=1S/C66H82N2O8/c1-63(2,3)51-29-43-25-47-33-53(65(7,8)9)35-49(61(47)75-23-21-67-39-41-17-19-55(71-13)37-57(41)73-15)27-45-31-52(64(4,5)6)32-46(60(45)70)28-50-36-54(66(10,11)12)34-48(26-44(30-51)59(43)69)62(50)76-24-22-68-40-42-18-20-56(72-14)38-58(42)74-16/h17-20,29-40,69-70H,21-28H2,1-16H3. The quantitative estimate of drug-likeness (QED) is 0.0816. The molecule has 6 aromatic carbocycles. The third-order valence-electron chi connectivity index (χ3n) is 14.3. The molecule has 0 fully saturated rings. The van der Waals surface area contributed by atoms with Crippen LogP contribution in [0.3, 0.4) is 0 Å². The lowest BCUT2D eigenvalue weighted by Gasteiger charge is -2.28. The molecule has 0 saturated heterocycles. The average molecular weight is 1030 g/mol. The maximum absolute atomic E-state index is 12.8. The summed E-state index contributed by atoms with van der Waals surface area (Å²) in [5, 5.41) is 25.5. The minimum absolute atomic E-state index is 0.233. The highest BCUT2D eigenvalue weighted by Gasteiger charge is 2.29. The highest BCUT2D eigenvalue weighted by atomic mass is 16.5. The average Bonchev–Trinajstić information content (AvgIpc) is 3.35. The highest BCUT2D eigenvalue weighted by Crippen LogP contribution is 2.44. The second-order valence-electron chi connectivity index (χ2n) is 24.2. The molecule has 2 N–H and O–H groups in total. The van der Waals surface area contributed by atoms with E-state index in [9.17, 15) is 10.2 Å². The molecule has 0 aromatic heterocycles. The molecule has 0 unspecified atom stereocenters. The molecular formula is C66H82N2O8. The van der Waals surface area contributed by atoms with Crippen LogP contribution >= 0.6 is 0 Å². The maximum Gasteiger partial charge on any atom is 0.131 e. The van der Waals surface area contributed by atoms with Gasteiger partial charge < -0.3 is 38.6 Å². The normalized spacial score (nSPS) is 13.3. The zero-order valence-corrected chi connectivity index (χ0v) is 48.1. The van der Waals surface area contributed by atoms with Crippen LogP contribution in [0, 0.1) is 0 Å². The van der Waals surface area contributed by atoms with Gasteiger partial charge in [0, 0.05) is 61.4 Å². The summed E-state index contributed by atoms with van der Waals surface area (Å²) in [6, 6.07) is 28.9. The number of ether oxygens (including phenoxy) is 6. The number of methoxy groups -OCH3 is 4. The second kappa shape index (κ2) is 23.1. The van der Waals surface area contributed by atoms with Crippen LogP contribution < -0.4 is 28.4 Å². The lowest BCUT2D eigenvalue weighted by atomic mass is 9.79. The Kier molecular flexibility index (Phi) is 17.3. The Balaban J connectivity index is 1.41. The number of nitrogens with zero attached hydrogens (tertiary/aromatic N) is 2. The van der Waals surface area contributed by atoms with Gasteiger partial charge in [0.15, 0.2) is 0 Å². The van der Waals surface area contributed by atoms with Gasteiger partial charge in [-0.2, -0.15) is 0 Å². The van der Waals surface area contributed by atoms with Gasteiger partial charge >= 0.3 is 0 Å². The van der Waals surface area contributed by atoms with Crippen LogP contribution in [0.5, 0.6) is 46.0 Å². The number of aromatic hydroxyl groups is 2. The smallest absolute Gasteiger partial charge is 0.131 e. The maximum atomic E-state index is 12.8. The first kappa shape index (κ1) is 56.8. The number of hydrogen-bond acceptors (Lipinski definition) is 10. The number of rotatable bonds is 14. The van der Waals surface area contributed by atoms with Crippen molar-refractivity contribution in [2.75, 3.05) is 54.7 Å². The summed E-state index contributed by atoms with van der Waals surface area (Å²) < 4.78 is 36.0. The van der Waals surface area contributed by atoms with Crippen LogP contribution in [0.4, 0.5) is 0 Å². The second-order valence-corrected chi connectivity index (χ2v) is 24.2. The first-order valence-electron chi connectivity index (χ1n) is 26.5. The van der Waals surface area contributed by atoms with E-state index in [1.807, 2.05) is 36.4 Å². The Morgan fingerprint density at radius 1 is 0.395 bits per heavy atom. The van der Waals surface area contributed by atoms with Gasteiger partial charge in [-0.3, -0.25) is 9.98 Å². The summed E-state index contributed by atoms with van der Waals surface area (Å²) in [6.45, 7) is 28.0. The lowest BCUT2D eigenvalue weighted by molar-refractivity contribution is 0.322. The summed E-state index contributed by atoms with van der Waals surface area (Å²) in [7, 11) is 6.53. The molecule has 6 aromatic rings. The van der Waals surface area contributed by atoms with Crippen LogP contribution in [0.15, 0.2) is 94.9 Å². The molecule has 0 spiro atoms. The van der Waals surface area contributed by atoms with Crippen molar-refractivity contribution >= 4 is 12.4 Å². The van der Waals surface area contributed by atoms with Crippen LogP contribution in [0.1, 0.15) is 161 Å². The highest BCUT2D eigenvalue weighted by molar-refractivity contribution is 5.84. The molecule has 0 saturated carbocycles. The van der Waals surface area contributed by atoms with E-state index < -0.39 is 0 Å². The van der Waals surface area contributed by atoms with Gasteiger partial charge in [0.05, 0.1) is 41.5 Å². The van der Waals surface area contributed by atoms with Crippen molar-refractivity contribution in [1.82, 2.24) is 0 Å². The molecule has 0 amide bonds. The molecule has 404 valence electrons. The van der Waals surface area contributed by atoms with Crippen LogP contribution in [-0.4, -0.2) is 77.4 Å². The minimum atomic E-state index is -0.242. The van der Waals surface area contributed by atoms with Gasteiger partial charge in [-0.25, -0.2) is 0 Å². The van der Waals surface area contributed by atoms with Crippen molar-refractivity contribution in [3.05, 3.63) is 163 Å². The van der Waals surface area contributed by atoms with Gasteiger partial charge in [-0.1, -0.05) is 132 Å². The molecule has 8 bridgehead atoms. The molecule has 0 aliphatic heterocycles. The fourth-order valence-electron chi connectivity index (χ4n) is 9.59. The van der Waals surface area contributed by atoms with Crippen molar-refractivity contribution in [3.8, 4) is 46.0 Å². The fraction of sp³-hybridized carbons (Fsp3) is 0.424. The molecule has 0 heterocycles. The van der Waals surface area contributed by atoms with E-state index in [0.717, 1.165) is 89.4 Å². The van der Waals surface area contributed by atoms with Crippen LogP contribution in [-0.2, 0) is 47.3 Å². The van der Waals surface area contributed by atoms with E-state index in [4.69, 9.17) is 38.4 Å².